The molecule has 0 radical (unpaired) electrons. The highest BCUT2D eigenvalue weighted by atomic mass is 16.5. The first-order valence-electron chi connectivity index (χ1n) is 8.82. The molecule has 0 saturated heterocycles. The summed E-state index contributed by atoms with van der Waals surface area (Å²) in [6.45, 7) is 3.01. The third-order valence-electron chi connectivity index (χ3n) is 3.52. The fourth-order valence-corrected chi connectivity index (χ4v) is 2.23. The second kappa shape index (κ2) is 17.2. The summed E-state index contributed by atoms with van der Waals surface area (Å²) in [6, 6.07) is 0. The highest BCUT2D eigenvalue weighted by molar-refractivity contribution is 5.69. The first-order valence-corrected chi connectivity index (χ1v) is 8.82. The number of unbranched alkanes of at least 4 members (excludes halogenated alkanes) is 9. The van der Waals surface area contributed by atoms with E-state index in [1.54, 1.807) is 0 Å². The van der Waals surface area contributed by atoms with Crippen LogP contribution in [-0.2, 0) is 9.53 Å². The van der Waals surface area contributed by atoms with Crippen LogP contribution in [0.2, 0.25) is 0 Å². The molecule has 0 bridgehead atoms. The molecule has 0 fully saturated rings. The van der Waals surface area contributed by atoms with Gasteiger partial charge in [-0.2, -0.15) is 0 Å². The minimum atomic E-state index is -0.105. The van der Waals surface area contributed by atoms with E-state index in [2.05, 4.69) is 19.1 Å². The molecule has 2 N–H and O–H groups in total. The number of nitrogens with two attached hydrogens (primary N) is 1. The van der Waals surface area contributed by atoms with Gasteiger partial charge in [0, 0.05) is 13.0 Å². The maximum atomic E-state index is 11.2. The predicted molar refractivity (Wildman–Crippen MR) is 90.2 cm³/mol. The molecular weight excluding hydrogens is 262 g/mol. The molecule has 0 heterocycles. The van der Waals surface area contributed by atoms with E-state index in [0.717, 1.165) is 12.8 Å². The minimum absolute atomic E-state index is 0.105. The molecule has 0 aromatic heterocycles. The van der Waals surface area contributed by atoms with Gasteiger partial charge in [0.25, 0.3) is 0 Å². The molecule has 0 rings (SSSR count). The summed E-state index contributed by atoms with van der Waals surface area (Å²) in [5.41, 5.74) is 5.27. The van der Waals surface area contributed by atoms with Crippen LogP contribution in [0.4, 0.5) is 0 Å². The summed E-state index contributed by atoms with van der Waals surface area (Å²) < 4.78 is 4.93. The van der Waals surface area contributed by atoms with Gasteiger partial charge in [-0.1, -0.05) is 57.6 Å². The summed E-state index contributed by atoms with van der Waals surface area (Å²) in [4.78, 5) is 11.2. The highest BCUT2D eigenvalue weighted by Crippen LogP contribution is 2.09. The number of ether oxygens (including phenoxy) is 1. The van der Waals surface area contributed by atoms with Gasteiger partial charge in [-0.3, -0.25) is 4.79 Å². The third kappa shape index (κ3) is 17.1. The van der Waals surface area contributed by atoms with E-state index in [0.29, 0.717) is 19.6 Å². The Morgan fingerprint density at radius 1 is 0.905 bits per heavy atom. The zero-order valence-corrected chi connectivity index (χ0v) is 13.9. The molecule has 0 aromatic carbocycles. The lowest BCUT2D eigenvalue weighted by Crippen LogP contribution is -2.13. The SMILES string of the molecule is CCCCCC/C=C\CCCCCCCC(=O)OCCN. The third-order valence-corrected chi connectivity index (χ3v) is 3.52. The van der Waals surface area contributed by atoms with Gasteiger partial charge < -0.3 is 10.5 Å². The Balaban J connectivity index is 3.15. The quantitative estimate of drug-likeness (QED) is 0.270. The Kier molecular flexibility index (Phi) is 16.5. The van der Waals surface area contributed by atoms with Crippen LogP contribution < -0.4 is 5.73 Å². The van der Waals surface area contributed by atoms with Gasteiger partial charge in [-0.25, -0.2) is 0 Å². The molecule has 3 nitrogen and oxygen atoms in total. The first-order chi connectivity index (χ1) is 10.3. The van der Waals surface area contributed by atoms with Crippen LogP contribution in [0.15, 0.2) is 12.2 Å². The van der Waals surface area contributed by atoms with Crippen molar-refractivity contribution in [2.24, 2.45) is 5.73 Å². The van der Waals surface area contributed by atoms with Crippen LogP contribution in [-0.4, -0.2) is 19.1 Å². The van der Waals surface area contributed by atoms with Crippen molar-refractivity contribution in [3.05, 3.63) is 12.2 Å². The van der Waals surface area contributed by atoms with Crippen LogP contribution in [0.1, 0.15) is 84.0 Å². The summed E-state index contributed by atoms with van der Waals surface area (Å²) in [7, 11) is 0. The zero-order chi connectivity index (χ0) is 15.6. The van der Waals surface area contributed by atoms with E-state index >= 15 is 0 Å². The second-order valence-corrected chi connectivity index (χ2v) is 5.64. The van der Waals surface area contributed by atoms with Crippen molar-refractivity contribution in [1.82, 2.24) is 0 Å². The Morgan fingerprint density at radius 2 is 1.48 bits per heavy atom. The average molecular weight is 297 g/mol. The molecule has 0 saturated carbocycles. The van der Waals surface area contributed by atoms with Crippen molar-refractivity contribution < 1.29 is 9.53 Å². The van der Waals surface area contributed by atoms with Crippen molar-refractivity contribution in [3.63, 3.8) is 0 Å². The lowest BCUT2D eigenvalue weighted by atomic mass is 10.1. The summed E-state index contributed by atoms with van der Waals surface area (Å²) in [5.74, 6) is -0.105. The van der Waals surface area contributed by atoms with Gasteiger partial charge in [0.1, 0.15) is 6.61 Å². The van der Waals surface area contributed by atoms with Crippen LogP contribution >= 0.6 is 0 Å². The molecule has 0 aliphatic carbocycles. The van der Waals surface area contributed by atoms with Gasteiger partial charge in [0.05, 0.1) is 0 Å². The Morgan fingerprint density at radius 3 is 2.10 bits per heavy atom. The summed E-state index contributed by atoms with van der Waals surface area (Å²) in [6.07, 6.45) is 18.8. The lowest BCUT2D eigenvalue weighted by Gasteiger charge is -2.02. The summed E-state index contributed by atoms with van der Waals surface area (Å²) in [5, 5.41) is 0. The molecule has 3 heteroatoms. The fourth-order valence-electron chi connectivity index (χ4n) is 2.23. The Bertz CT molecular complexity index is 252. The van der Waals surface area contributed by atoms with Crippen LogP contribution in [0.25, 0.3) is 0 Å². The molecule has 0 aliphatic rings. The molecule has 124 valence electrons. The molecule has 0 amide bonds. The van der Waals surface area contributed by atoms with E-state index in [-0.39, 0.29) is 5.97 Å². The van der Waals surface area contributed by atoms with Gasteiger partial charge in [0.2, 0.25) is 0 Å². The number of hydrogen-bond donors (Lipinski definition) is 1. The number of hydrogen-bond acceptors (Lipinski definition) is 3. The number of allylic oxidation sites excluding steroid dienone is 2. The minimum Gasteiger partial charge on any atom is -0.464 e. The zero-order valence-electron chi connectivity index (χ0n) is 13.9. The molecule has 0 spiro atoms. The summed E-state index contributed by atoms with van der Waals surface area (Å²) >= 11 is 0. The van der Waals surface area contributed by atoms with E-state index in [1.807, 2.05) is 0 Å². The van der Waals surface area contributed by atoms with Gasteiger partial charge in [-0.15, -0.1) is 0 Å². The van der Waals surface area contributed by atoms with Crippen molar-refractivity contribution in [1.29, 1.82) is 0 Å². The molecule has 0 aromatic rings. The Hall–Kier alpha value is -0.830. The predicted octanol–water partition coefficient (Wildman–Crippen LogP) is 4.75. The molecule has 21 heavy (non-hydrogen) atoms. The number of rotatable bonds is 15. The standard InChI is InChI=1S/C18H35NO2/c1-2-3-4-5-6-7-8-9-10-11-12-13-14-15-18(20)21-17-16-19/h7-8H,2-6,9-17,19H2,1H3/b8-7-. The van der Waals surface area contributed by atoms with E-state index < -0.39 is 0 Å². The first kappa shape index (κ1) is 20.2. The fraction of sp³-hybridized carbons (Fsp3) is 0.833. The van der Waals surface area contributed by atoms with E-state index in [4.69, 9.17) is 10.5 Å². The highest BCUT2D eigenvalue weighted by Gasteiger charge is 2.01. The largest absolute Gasteiger partial charge is 0.464 e. The van der Waals surface area contributed by atoms with Crippen molar-refractivity contribution in [3.8, 4) is 0 Å². The van der Waals surface area contributed by atoms with Gasteiger partial charge in [-0.05, 0) is 32.1 Å². The maximum absolute atomic E-state index is 11.2. The van der Waals surface area contributed by atoms with Crippen LogP contribution in [0.5, 0.6) is 0 Å². The lowest BCUT2D eigenvalue weighted by molar-refractivity contribution is -0.143. The Labute approximate surface area is 131 Å². The second-order valence-electron chi connectivity index (χ2n) is 5.64. The van der Waals surface area contributed by atoms with Crippen molar-refractivity contribution in [2.75, 3.05) is 13.2 Å². The molecule has 0 unspecified atom stereocenters. The van der Waals surface area contributed by atoms with Crippen LogP contribution in [0.3, 0.4) is 0 Å². The van der Waals surface area contributed by atoms with Gasteiger partial charge >= 0.3 is 5.97 Å². The van der Waals surface area contributed by atoms with E-state index in [1.165, 1.54) is 57.8 Å². The number of esters is 1. The van der Waals surface area contributed by atoms with Crippen molar-refractivity contribution >= 4 is 5.97 Å². The molecule has 0 aliphatic heterocycles. The average Bonchev–Trinajstić information content (AvgIpc) is 2.49. The molecular formula is C18H35NO2. The number of carbonyl (C=O) groups is 1. The molecule has 0 atom stereocenters. The number of carbonyl (C=O) groups excluding carboxylic acids is 1. The smallest absolute Gasteiger partial charge is 0.305 e. The normalized spacial score (nSPS) is 11.1. The van der Waals surface area contributed by atoms with E-state index in [9.17, 15) is 4.79 Å². The van der Waals surface area contributed by atoms with Gasteiger partial charge in [0.15, 0.2) is 0 Å². The monoisotopic (exact) mass is 297 g/mol. The topological polar surface area (TPSA) is 52.3 Å². The van der Waals surface area contributed by atoms with Crippen molar-refractivity contribution in [2.45, 2.75) is 84.0 Å². The maximum Gasteiger partial charge on any atom is 0.305 e. The van der Waals surface area contributed by atoms with Crippen LogP contribution in [0, 0.1) is 0 Å².